The van der Waals surface area contributed by atoms with Crippen molar-refractivity contribution >= 4 is 16.9 Å². The highest BCUT2D eigenvalue weighted by atomic mass is 15.3. The first kappa shape index (κ1) is 13.6. The van der Waals surface area contributed by atoms with Crippen LogP contribution in [-0.4, -0.2) is 27.6 Å². The van der Waals surface area contributed by atoms with Crippen LogP contribution in [0, 0.1) is 11.3 Å². The van der Waals surface area contributed by atoms with Crippen molar-refractivity contribution in [3.05, 3.63) is 54.0 Å². The molecular formula is C19H17N5. The maximum Gasteiger partial charge on any atom is 0.129 e. The monoisotopic (exact) mass is 315 g/mol. The summed E-state index contributed by atoms with van der Waals surface area (Å²) in [6.45, 7) is 1.84. The molecule has 2 aromatic heterocycles. The molecule has 24 heavy (non-hydrogen) atoms. The lowest BCUT2D eigenvalue weighted by molar-refractivity contribution is 0.395. The lowest BCUT2D eigenvalue weighted by Crippen LogP contribution is -2.48. The fraction of sp³-hybridized carbons (Fsp3) is 0.316. The van der Waals surface area contributed by atoms with E-state index in [-0.39, 0.29) is 0 Å². The van der Waals surface area contributed by atoms with Gasteiger partial charge in [-0.3, -0.25) is 0 Å². The number of hydrogen-bond donors (Lipinski definition) is 0. The van der Waals surface area contributed by atoms with Gasteiger partial charge in [-0.1, -0.05) is 12.1 Å². The summed E-state index contributed by atoms with van der Waals surface area (Å²) in [5.41, 5.74) is 3.00. The Balaban J connectivity index is 1.46. The van der Waals surface area contributed by atoms with Gasteiger partial charge < -0.3 is 9.47 Å². The molecule has 0 N–H and O–H groups in total. The van der Waals surface area contributed by atoms with E-state index in [0.717, 1.165) is 24.4 Å². The molecule has 118 valence electrons. The Morgan fingerprint density at radius 1 is 1.12 bits per heavy atom. The number of pyridine rings is 1. The second-order valence-electron chi connectivity index (χ2n) is 6.68. The molecule has 0 unspecified atom stereocenters. The summed E-state index contributed by atoms with van der Waals surface area (Å²) in [7, 11) is 0. The van der Waals surface area contributed by atoms with Crippen molar-refractivity contribution in [2.75, 3.05) is 18.0 Å². The summed E-state index contributed by atoms with van der Waals surface area (Å²) < 4.78 is 2.44. The number of fused-ring (bicyclic) bond motifs is 1. The Kier molecular flexibility index (Phi) is 2.86. The summed E-state index contributed by atoms with van der Waals surface area (Å²) in [4.78, 5) is 11.5. The Hall–Kier alpha value is -2.87. The minimum atomic E-state index is 0.431. The number of imidazole rings is 1. The number of nitrogens with zero attached hydrogens (tertiary/aromatic N) is 5. The van der Waals surface area contributed by atoms with Gasteiger partial charge in [-0.15, -0.1) is 0 Å². The zero-order chi connectivity index (χ0) is 16.1. The van der Waals surface area contributed by atoms with Crippen molar-refractivity contribution in [2.24, 2.45) is 0 Å². The van der Waals surface area contributed by atoms with Crippen molar-refractivity contribution in [1.29, 1.82) is 5.26 Å². The highest BCUT2D eigenvalue weighted by Gasteiger charge is 2.36. The van der Waals surface area contributed by atoms with E-state index in [9.17, 15) is 0 Å². The van der Waals surface area contributed by atoms with Crippen molar-refractivity contribution in [2.45, 2.75) is 24.8 Å². The predicted octanol–water partition coefficient (Wildman–Crippen LogP) is 3.24. The predicted molar refractivity (Wildman–Crippen MR) is 91.9 cm³/mol. The van der Waals surface area contributed by atoms with E-state index in [0.29, 0.717) is 17.5 Å². The third kappa shape index (κ3) is 2.07. The van der Waals surface area contributed by atoms with Gasteiger partial charge in [-0.05, 0) is 37.1 Å². The van der Waals surface area contributed by atoms with Gasteiger partial charge in [0, 0.05) is 25.2 Å². The minimum absolute atomic E-state index is 0.431. The van der Waals surface area contributed by atoms with Crippen LogP contribution in [0.2, 0.25) is 0 Å². The van der Waals surface area contributed by atoms with Crippen molar-refractivity contribution < 1.29 is 0 Å². The molecule has 1 saturated heterocycles. The molecule has 5 heteroatoms. The first-order valence-corrected chi connectivity index (χ1v) is 8.41. The van der Waals surface area contributed by atoms with E-state index < -0.39 is 0 Å². The van der Waals surface area contributed by atoms with Crippen LogP contribution in [0.1, 0.15) is 36.2 Å². The molecule has 0 radical (unpaired) electrons. The van der Waals surface area contributed by atoms with Gasteiger partial charge in [0.05, 0.1) is 28.7 Å². The third-order valence-corrected chi connectivity index (χ3v) is 4.99. The molecule has 0 bridgehead atoms. The quantitative estimate of drug-likeness (QED) is 0.744. The fourth-order valence-electron chi connectivity index (χ4n) is 3.54. The molecule has 3 aromatic rings. The number of aromatic nitrogens is 3. The van der Waals surface area contributed by atoms with Gasteiger partial charge in [-0.25, -0.2) is 9.97 Å². The largest absolute Gasteiger partial charge is 0.352 e. The number of para-hydroxylation sites is 2. The van der Waals surface area contributed by atoms with Gasteiger partial charge in [0.15, 0.2) is 0 Å². The Morgan fingerprint density at radius 3 is 2.75 bits per heavy atom. The summed E-state index contributed by atoms with van der Waals surface area (Å²) in [6.07, 6.45) is 4.22. The number of anilines is 1. The molecule has 0 spiro atoms. The average molecular weight is 315 g/mol. The zero-order valence-corrected chi connectivity index (χ0v) is 13.3. The molecular weight excluding hydrogens is 298 g/mol. The van der Waals surface area contributed by atoms with Crippen molar-refractivity contribution in [3.63, 3.8) is 0 Å². The van der Waals surface area contributed by atoms with Gasteiger partial charge in [0.25, 0.3) is 0 Å². The summed E-state index contributed by atoms with van der Waals surface area (Å²) in [5.74, 6) is 2.77. The van der Waals surface area contributed by atoms with Crippen LogP contribution in [0.3, 0.4) is 0 Å². The van der Waals surface area contributed by atoms with E-state index in [1.807, 2.05) is 6.07 Å². The molecule has 1 aliphatic heterocycles. The van der Waals surface area contributed by atoms with Crippen LogP contribution in [0.25, 0.3) is 11.0 Å². The van der Waals surface area contributed by atoms with E-state index in [1.165, 1.54) is 24.2 Å². The molecule has 0 atom stereocenters. The van der Waals surface area contributed by atoms with E-state index in [1.54, 1.807) is 12.3 Å². The van der Waals surface area contributed by atoms with E-state index in [4.69, 9.17) is 10.2 Å². The van der Waals surface area contributed by atoms with Crippen LogP contribution in [0.5, 0.6) is 0 Å². The Labute approximate surface area is 140 Å². The Morgan fingerprint density at radius 2 is 1.96 bits per heavy atom. The van der Waals surface area contributed by atoms with Crippen LogP contribution in [0.15, 0.2) is 42.6 Å². The van der Waals surface area contributed by atoms with Gasteiger partial charge in [0.2, 0.25) is 0 Å². The molecule has 1 aliphatic carbocycles. The lowest BCUT2D eigenvalue weighted by atomic mass is 10.1. The van der Waals surface area contributed by atoms with Crippen molar-refractivity contribution in [3.8, 4) is 6.07 Å². The van der Waals surface area contributed by atoms with Crippen molar-refractivity contribution in [1.82, 2.24) is 14.5 Å². The average Bonchev–Trinajstić information content (AvgIpc) is 3.36. The minimum Gasteiger partial charge on any atom is -0.352 e. The molecule has 5 rings (SSSR count). The summed E-state index contributed by atoms with van der Waals surface area (Å²) in [5, 5.41) is 9.05. The highest BCUT2D eigenvalue weighted by molar-refractivity contribution is 5.76. The maximum absolute atomic E-state index is 9.05. The number of benzene rings is 1. The smallest absolute Gasteiger partial charge is 0.129 e. The SMILES string of the molecule is N#Cc1ccnc(N2CC(n3c(C4CC4)nc4ccccc43)C2)c1. The Bertz CT molecular complexity index is 957. The molecule has 3 heterocycles. The normalized spacial score (nSPS) is 17.7. The maximum atomic E-state index is 9.05. The highest BCUT2D eigenvalue weighted by Crippen LogP contribution is 2.43. The second-order valence-corrected chi connectivity index (χ2v) is 6.68. The zero-order valence-electron chi connectivity index (χ0n) is 13.3. The third-order valence-electron chi connectivity index (χ3n) is 4.99. The van der Waals surface area contributed by atoms with Crippen LogP contribution in [0.4, 0.5) is 5.82 Å². The van der Waals surface area contributed by atoms with Crippen LogP contribution in [-0.2, 0) is 0 Å². The van der Waals surface area contributed by atoms with Gasteiger partial charge >= 0.3 is 0 Å². The van der Waals surface area contributed by atoms with Crippen LogP contribution >= 0.6 is 0 Å². The van der Waals surface area contributed by atoms with E-state index >= 15 is 0 Å². The lowest BCUT2D eigenvalue weighted by Gasteiger charge is -2.41. The number of rotatable bonds is 3. The first-order chi connectivity index (χ1) is 11.8. The molecule has 1 saturated carbocycles. The molecule has 2 aliphatic rings. The molecule has 2 fully saturated rings. The topological polar surface area (TPSA) is 57.7 Å². The first-order valence-electron chi connectivity index (χ1n) is 8.41. The molecule has 0 amide bonds. The second kappa shape index (κ2) is 5.07. The molecule has 5 nitrogen and oxygen atoms in total. The van der Waals surface area contributed by atoms with Gasteiger partial charge in [-0.2, -0.15) is 5.26 Å². The van der Waals surface area contributed by atoms with E-state index in [2.05, 4.69) is 44.8 Å². The fourth-order valence-corrected chi connectivity index (χ4v) is 3.54. The van der Waals surface area contributed by atoms with Crippen LogP contribution < -0.4 is 4.90 Å². The summed E-state index contributed by atoms with van der Waals surface area (Å²) in [6, 6.07) is 14.6. The van der Waals surface area contributed by atoms with Gasteiger partial charge in [0.1, 0.15) is 11.6 Å². The standard InChI is InChI=1S/C19H17N5/c20-10-13-7-8-21-18(9-13)23-11-15(12-23)24-17-4-2-1-3-16(17)22-19(24)14-5-6-14/h1-4,7-9,14-15H,5-6,11-12H2. The molecule has 1 aromatic carbocycles. The number of hydrogen-bond acceptors (Lipinski definition) is 4. The number of nitriles is 1. The summed E-state index contributed by atoms with van der Waals surface area (Å²) >= 11 is 0.